The van der Waals surface area contributed by atoms with E-state index in [0.717, 1.165) is 10.6 Å². The van der Waals surface area contributed by atoms with Gasteiger partial charge in [0.1, 0.15) is 11.4 Å². The van der Waals surface area contributed by atoms with Crippen LogP contribution in [0.1, 0.15) is 18.1 Å². The molecule has 2 aromatic rings. The van der Waals surface area contributed by atoms with E-state index < -0.39 is 33.2 Å². The Labute approximate surface area is 185 Å². The standard InChI is InChI=1S/C21H23ClFN3O4S/c1-14-10-16(22)6-9-18(14)26-19(27)12-25(31(3,29)30)13-21(26,2)20(28)24-11-15-4-7-17(23)8-5-15/h4-10H,11-13H2,1-3H3,(H,24,28)/t21-/m0/s1. The fourth-order valence-corrected chi connectivity index (χ4v) is 4.68. The van der Waals surface area contributed by atoms with Gasteiger partial charge in [-0.2, -0.15) is 4.31 Å². The van der Waals surface area contributed by atoms with Crippen molar-refractivity contribution < 1.29 is 22.4 Å². The molecule has 0 aliphatic carbocycles. The minimum absolute atomic E-state index is 0.0925. The van der Waals surface area contributed by atoms with E-state index in [0.29, 0.717) is 21.8 Å². The molecule has 1 saturated heterocycles. The van der Waals surface area contributed by atoms with Gasteiger partial charge in [0.05, 0.1) is 12.8 Å². The molecular weight excluding hydrogens is 445 g/mol. The predicted molar refractivity (Wildman–Crippen MR) is 117 cm³/mol. The van der Waals surface area contributed by atoms with Gasteiger partial charge >= 0.3 is 0 Å². The van der Waals surface area contributed by atoms with E-state index in [9.17, 15) is 22.4 Å². The van der Waals surface area contributed by atoms with Crippen molar-refractivity contribution in [3.63, 3.8) is 0 Å². The van der Waals surface area contributed by atoms with Gasteiger partial charge in [-0.1, -0.05) is 23.7 Å². The number of benzene rings is 2. The lowest BCUT2D eigenvalue weighted by Crippen LogP contribution is -2.70. The maximum atomic E-state index is 13.3. The second-order valence-electron chi connectivity index (χ2n) is 7.77. The minimum atomic E-state index is -3.71. The molecule has 0 spiro atoms. The molecule has 1 heterocycles. The number of carbonyl (C=O) groups excluding carboxylic acids is 2. The van der Waals surface area contributed by atoms with Gasteiger partial charge in [-0.25, -0.2) is 12.8 Å². The molecule has 166 valence electrons. The number of anilines is 1. The number of hydrogen-bond acceptors (Lipinski definition) is 4. The van der Waals surface area contributed by atoms with E-state index in [4.69, 9.17) is 11.6 Å². The van der Waals surface area contributed by atoms with Gasteiger partial charge in [-0.3, -0.25) is 14.5 Å². The number of nitrogens with one attached hydrogen (secondary N) is 1. The van der Waals surface area contributed by atoms with E-state index in [2.05, 4.69) is 5.32 Å². The summed E-state index contributed by atoms with van der Waals surface area (Å²) < 4.78 is 38.5. The van der Waals surface area contributed by atoms with Crippen molar-refractivity contribution in [3.05, 3.63) is 64.4 Å². The highest BCUT2D eigenvalue weighted by Crippen LogP contribution is 2.34. The van der Waals surface area contributed by atoms with Gasteiger partial charge in [0.2, 0.25) is 21.8 Å². The summed E-state index contributed by atoms with van der Waals surface area (Å²) in [7, 11) is -3.71. The summed E-state index contributed by atoms with van der Waals surface area (Å²) in [4.78, 5) is 27.7. The molecule has 1 N–H and O–H groups in total. The van der Waals surface area contributed by atoms with Crippen LogP contribution in [0, 0.1) is 12.7 Å². The Hall–Kier alpha value is -2.49. The zero-order valence-corrected chi connectivity index (χ0v) is 18.9. The van der Waals surface area contributed by atoms with Crippen molar-refractivity contribution in [2.24, 2.45) is 0 Å². The van der Waals surface area contributed by atoms with Gasteiger partial charge in [-0.15, -0.1) is 0 Å². The highest BCUT2D eigenvalue weighted by molar-refractivity contribution is 7.88. The molecule has 3 rings (SSSR count). The van der Waals surface area contributed by atoms with Crippen molar-refractivity contribution in [2.45, 2.75) is 25.9 Å². The summed E-state index contributed by atoms with van der Waals surface area (Å²) in [6.07, 6.45) is 1.00. The summed E-state index contributed by atoms with van der Waals surface area (Å²) in [5.74, 6) is -1.46. The highest BCUT2D eigenvalue weighted by Gasteiger charge is 2.50. The molecule has 31 heavy (non-hydrogen) atoms. The molecule has 1 atom stereocenters. The van der Waals surface area contributed by atoms with Gasteiger partial charge in [0, 0.05) is 23.8 Å². The third-order valence-corrected chi connectivity index (χ3v) is 6.69. The lowest BCUT2D eigenvalue weighted by molar-refractivity contribution is -0.133. The number of amides is 2. The van der Waals surface area contributed by atoms with Crippen molar-refractivity contribution in [2.75, 3.05) is 24.2 Å². The average Bonchev–Trinajstić information content (AvgIpc) is 2.67. The maximum Gasteiger partial charge on any atom is 0.247 e. The third-order valence-electron chi connectivity index (χ3n) is 5.26. The van der Waals surface area contributed by atoms with Crippen LogP contribution in [0.5, 0.6) is 0 Å². The summed E-state index contributed by atoms with van der Waals surface area (Å²) in [5.41, 5.74) is 0.291. The summed E-state index contributed by atoms with van der Waals surface area (Å²) in [6, 6.07) is 10.5. The minimum Gasteiger partial charge on any atom is -0.350 e. The SMILES string of the molecule is Cc1cc(Cl)ccc1N1C(=O)CN(S(C)(=O)=O)C[C@@]1(C)C(=O)NCc1ccc(F)cc1. The fraction of sp³-hybridized carbons (Fsp3) is 0.333. The van der Waals surface area contributed by atoms with Crippen LogP contribution in [0.15, 0.2) is 42.5 Å². The molecule has 2 amide bonds. The van der Waals surface area contributed by atoms with Crippen LogP contribution in [0.2, 0.25) is 5.02 Å². The smallest absolute Gasteiger partial charge is 0.247 e. The van der Waals surface area contributed by atoms with E-state index in [1.165, 1.54) is 36.1 Å². The van der Waals surface area contributed by atoms with E-state index in [1.807, 2.05) is 0 Å². The van der Waals surface area contributed by atoms with E-state index >= 15 is 0 Å². The number of halogens is 2. The Bertz CT molecular complexity index is 1120. The van der Waals surface area contributed by atoms with Crippen LogP contribution >= 0.6 is 11.6 Å². The molecule has 0 saturated carbocycles. The van der Waals surface area contributed by atoms with Crippen LogP contribution in [0.25, 0.3) is 0 Å². The zero-order chi connectivity index (χ0) is 23.0. The van der Waals surface area contributed by atoms with Crippen molar-refractivity contribution in [1.82, 2.24) is 9.62 Å². The molecule has 0 aromatic heterocycles. The molecule has 1 fully saturated rings. The van der Waals surface area contributed by atoms with Crippen molar-refractivity contribution in [1.29, 1.82) is 0 Å². The topological polar surface area (TPSA) is 86.8 Å². The molecule has 0 unspecified atom stereocenters. The molecule has 0 radical (unpaired) electrons. The van der Waals surface area contributed by atoms with E-state index in [-0.39, 0.29) is 19.6 Å². The Kier molecular flexibility index (Phi) is 6.40. The number of rotatable bonds is 5. The Morgan fingerprint density at radius 2 is 1.87 bits per heavy atom. The third kappa shape index (κ3) is 4.89. The monoisotopic (exact) mass is 467 g/mol. The zero-order valence-electron chi connectivity index (χ0n) is 17.4. The molecule has 10 heteroatoms. The van der Waals surface area contributed by atoms with Gasteiger partial charge < -0.3 is 5.32 Å². The molecule has 0 bridgehead atoms. The summed E-state index contributed by atoms with van der Waals surface area (Å²) in [5, 5.41) is 3.23. The Morgan fingerprint density at radius 3 is 2.45 bits per heavy atom. The van der Waals surface area contributed by atoms with Gasteiger partial charge in [-0.05, 0) is 55.3 Å². The number of carbonyl (C=O) groups is 2. The molecular formula is C21H23ClFN3O4S. The quantitative estimate of drug-likeness (QED) is 0.731. The van der Waals surface area contributed by atoms with Crippen LogP contribution in [-0.2, 0) is 26.2 Å². The molecule has 7 nitrogen and oxygen atoms in total. The number of piperazine rings is 1. The molecule has 2 aromatic carbocycles. The first kappa shape index (κ1) is 23.2. The lowest BCUT2D eigenvalue weighted by Gasteiger charge is -2.47. The second kappa shape index (κ2) is 8.57. The Balaban J connectivity index is 1.98. The summed E-state index contributed by atoms with van der Waals surface area (Å²) >= 11 is 6.04. The van der Waals surface area contributed by atoms with Gasteiger partial charge in [0.15, 0.2) is 0 Å². The predicted octanol–water partition coefficient (Wildman–Crippen LogP) is 2.47. The first-order valence-electron chi connectivity index (χ1n) is 9.49. The maximum absolute atomic E-state index is 13.3. The van der Waals surface area contributed by atoms with Crippen LogP contribution in [0.4, 0.5) is 10.1 Å². The normalized spacial score (nSPS) is 20.0. The molecule has 1 aliphatic rings. The van der Waals surface area contributed by atoms with Crippen molar-refractivity contribution in [3.8, 4) is 0 Å². The van der Waals surface area contributed by atoms with Crippen molar-refractivity contribution >= 4 is 39.1 Å². The van der Waals surface area contributed by atoms with Crippen LogP contribution in [0.3, 0.4) is 0 Å². The lowest BCUT2D eigenvalue weighted by atomic mass is 9.93. The van der Waals surface area contributed by atoms with Gasteiger partial charge in [0.25, 0.3) is 0 Å². The number of aryl methyl sites for hydroxylation is 1. The number of hydrogen-bond donors (Lipinski definition) is 1. The van der Waals surface area contributed by atoms with Crippen LogP contribution < -0.4 is 10.2 Å². The highest BCUT2D eigenvalue weighted by atomic mass is 35.5. The second-order valence-corrected chi connectivity index (χ2v) is 10.2. The number of sulfonamides is 1. The largest absolute Gasteiger partial charge is 0.350 e. The molecule has 1 aliphatic heterocycles. The number of nitrogens with zero attached hydrogens (tertiary/aromatic N) is 2. The average molecular weight is 468 g/mol. The summed E-state index contributed by atoms with van der Waals surface area (Å²) in [6.45, 7) is 2.79. The fourth-order valence-electron chi connectivity index (χ4n) is 3.62. The van der Waals surface area contributed by atoms with Crippen LogP contribution in [-0.4, -0.2) is 49.4 Å². The first-order chi connectivity index (χ1) is 14.4. The van der Waals surface area contributed by atoms with E-state index in [1.54, 1.807) is 25.1 Å². The Morgan fingerprint density at radius 1 is 1.23 bits per heavy atom. The first-order valence-corrected chi connectivity index (χ1v) is 11.7.